The summed E-state index contributed by atoms with van der Waals surface area (Å²) in [6, 6.07) is 9.79. The third-order valence-electron chi connectivity index (χ3n) is 3.18. The molecule has 1 unspecified atom stereocenters. The summed E-state index contributed by atoms with van der Waals surface area (Å²) in [6.07, 6.45) is 0.971. The molecule has 0 aliphatic heterocycles. The molecule has 2 N–H and O–H groups in total. The first-order chi connectivity index (χ1) is 9.45. The van der Waals surface area contributed by atoms with Crippen molar-refractivity contribution in [3.63, 3.8) is 0 Å². The lowest BCUT2D eigenvalue weighted by atomic mass is 10.1. The Bertz CT molecular complexity index is 619. The van der Waals surface area contributed by atoms with Gasteiger partial charge in [0, 0.05) is 27.9 Å². The van der Waals surface area contributed by atoms with Crippen molar-refractivity contribution in [2.24, 2.45) is 0 Å². The number of aromatic carboxylic acids is 1. The molecule has 20 heavy (non-hydrogen) atoms. The van der Waals surface area contributed by atoms with Gasteiger partial charge >= 0.3 is 5.97 Å². The van der Waals surface area contributed by atoms with Crippen LogP contribution in [0, 0.1) is 13.8 Å². The van der Waals surface area contributed by atoms with Crippen molar-refractivity contribution in [3.05, 3.63) is 51.2 Å². The molecule has 1 atom stereocenters. The zero-order valence-electron chi connectivity index (χ0n) is 11.9. The van der Waals surface area contributed by atoms with Gasteiger partial charge in [-0.25, -0.2) is 4.79 Å². The number of carboxylic acid groups (broad SMARTS) is 1. The van der Waals surface area contributed by atoms with Gasteiger partial charge in [-0.2, -0.15) is 0 Å². The van der Waals surface area contributed by atoms with E-state index >= 15 is 0 Å². The van der Waals surface area contributed by atoms with E-state index in [9.17, 15) is 4.79 Å². The molecule has 1 aromatic heterocycles. The van der Waals surface area contributed by atoms with Crippen LogP contribution in [0.4, 0.5) is 5.69 Å². The summed E-state index contributed by atoms with van der Waals surface area (Å²) < 4.78 is 0. The first-order valence-electron chi connectivity index (χ1n) is 6.61. The minimum absolute atomic E-state index is 0.308. The maximum Gasteiger partial charge on any atom is 0.335 e. The predicted octanol–water partition coefficient (Wildman–Crippen LogP) is 4.11. The van der Waals surface area contributed by atoms with E-state index in [2.05, 4.69) is 31.3 Å². The van der Waals surface area contributed by atoms with Crippen LogP contribution in [0.1, 0.15) is 32.6 Å². The van der Waals surface area contributed by atoms with Crippen LogP contribution in [-0.2, 0) is 6.42 Å². The van der Waals surface area contributed by atoms with Gasteiger partial charge in [0.1, 0.15) is 0 Å². The number of benzene rings is 1. The molecule has 4 heteroatoms. The quantitative estimate of drug-likeness (QED) is 0.871. The zero-order chi connectivity index (χ0) is 14.7. The minimum Gasteiger partial charge on any atom is -0.478 e. The van der Waals surface area contributed by atoms with E-state index in [1.165, 1.54) is 9.75 Å². The van der Waals surface area contributed by atoms with Gasteiger partial charge in [-0.3, -0.25) is 0 Å². The molecule has 3 nitrogen and oxygen atoms in total. The SMILES string of the molecule is Cc1ccc(CC(C)Nc2ccc(C(=O)O)cc2C)s1. The maximum atomic E-state index is 10.9. The van der Waals surface area contributed by atoms with Gasteiger partial charge in [0.15, 0.2) is 0 Å². The summed E-state index contributed by atoms with van der Waals surface area (Å²) in [7, 11) is 0. The number of aryl methyl sites for hydroxylation is 2. The largest absolute Gasteiger partial charge is 0.478 e. The summed E-state index contributed by atoms with van der Waals surface area (Å²) in [4.78, 5) is 13.6. The fourth-order valence-corrected chi connectivity index (χ4v) is 3.19. The van der Waals surface area contributed by atoms with E-state index in [0.29, 0.717) is 11.6 Å². The Morgan fingerprint density at radius 3 is 2.60 bits per heavy atom. The van der Waals surface area contributed by atoms with Crippen LogP contribution in [-0.4, -0.2) is 17.1 Å². The molecule has 0 saturated carbocycles. The van der Waals surface area contributed by atoms with Gasteiger partial charge < -0.3 is 10.4 Å². The molecule has 1 aromatic carbocycles. The maximum absolute atomic E-state index is 10.9. The molecular formula is C16H19NO2S. The third-order valence-corrected chi connectivity index (χ3v) is 4.20. The first-order valence-corrected chi connectivity index (χ1v) is 7.43. The average Bonchev–Trinajstić information content (AvgIpc) is 2.77. The lowest BCUT2D eigenvalue weighted by Gasteiger charge is -2.16. The molecular weight excluding hydrogens is 270 g/mol. The lowest BCUT2D eigenvalue weighted by molar-refractivity contribution is 0.0697. The molecule has 0 amide bonds. The summed E-state index contributed by atoms with van der Waals surface area (Å²) >= 11 is 1.82. The van der Waals surface area contributed by atoms with E-state index in [1.54, 1.807) is 12.1 Å². The number of carboxylic acids is 1. The van der Waals surface area contributed by atoms with Crippen LogP contribution in [0.3, 0.4) is 0 Å². The zero-order valence-corrected chi connectivity index (χ0v) is 12.8. The Morgan fingerprint density at radius 1 is 1.30 bits per heavy atom. The molecule has 2 aromatic rings. The number of hydrogen-bond acceptors (Lipinski definition) is 3. The highest BCUT2D eigenvalue weighted by Crippen LogP contribution is 2.21. The molecule has 106 valence electrons. The molecule has 0 spiro atoms. The standard InChI is InChI=1S/C16H19NO2S/c1-10-8-13(16(18)19)5-7-15(10)17-11(2)9-14-6-4-12(3)20-14/h4-8,11,17H,9H2,1-3H3,(H,18,19). The van der Waals surface area contributed by atoms with Crippen molar-refractivity contribution in [3.8, 4) is 0 Å². The van der Waals surface area contributed by atoms with Crippen LogP contribution in [0.25, 0.3) is 0 Å². The van der Waals surface area contributed by atoms with Crippen molar-refractivity contribution in [1.82, 2.24) is 0 Å². The van der Waals surface area contributed by atoms with Crippen molar-refractivity contribution >= 4 is 23.0 Å². The molecule has 0 aliphatic carbocycles. The lowest BCUT2D eigenvalue weighted by Crippen LogP contribution is -2.18. The molecule has 0 bridgehead atoms. The fourth-order valence-electron chi connectivity index (χ4n) is 2.17. The van der Waals surface area contributed by atoms with Crippen molar-refractivity contribution in [2.75, 3.05) is 5.32 Å². The molecule has 1 heterocycles. The Labute approximate surface area is 123 Å². The fraction of sp³-hybridized carbons (Fsp3) is 0.312. The number of anilines is 1. The highest BCUT2D eigenvalue weighted by atomic mass is 32.1. The Hall–Kier alpha value is -1.81. The average molecular weight is 289 g/mol. The minimum atomic E-state index is -0.887. The van der Waals surface area contributed by atoms with E-state index in [0.717, 1.165) is 17.7 Å². The predicted molar refractivity (Wildman–Crippen MR) is 84.0 cm³/mol. The summed E-state index contributed by atoms with van der Waals surface area (Å²) in [5.74, 6) is -0.887. The molecule has 2 rings (SSSR count). The van der Waals surface area contributed by atoms with Crippen LogP contribution < -0.4 is 5.32 Å². The number of hydrogen-bond donors (Lipinski definition) is 2. The topological polar surface area (TPSA) is 49.3 Å². The van der Waals surface area contributed by atoms with Gasteiger partial charge in [0.2, 0.25) is 0 Å². The van der Waals surface area contributed by atoms with Crippen LogP contribution in [0.2, 0.25) is 0 Å². The second kappa shape index (κ2) is 6.09. The van der Waals surface area contributed by atoms with Gasteiger partial charge in [-0.1, -0.05) is 0 Å². The third kappa shape index (κ3) is 3.61. The monoisotopic (exact) mass is 289 g/mol. The number of nitrogens with one attached hydrogen (secondary N) is 1. The molecule has 0 saturated heterocycles. The summed E-state index contributed by atoms with van der Waals surface area (Å²) in [5, 5.41) is 12.4. The van der Waals surface area contributed by atoms with E-state index in [4.69, 9.17) is 5.11 Å². The number of thiophene rings is 1. The van der Waals surface area contributed by atoms with Gasteiger partial charge in [0.05, 0.1) is 5.56 Å². The van der Waals surface area contributed by atoms with Crippen molar-refractivity contribution in [2.45, 2.75) is 33.2 Å². The normalized spacial score (nSPS) is 12.2. The van der Waals surface area contributed by atoms with Crippen molar-refractivity contribution < 1.29 is 9.90 Å². The smallest absolute Gasteiger partial charge is 0.335 e. The Balaban J connectivity index is 2.04. The Morgan fingerprint density at radius 2 is 2.05 bits per heavy atom. The highest BCUT2D eigenvalue weighted by molar-refractivity contribution is 7.11. The first kappa shape index (κ1) is 14.6. The number of rotatable bonds is 5. The van der Waals surface area contributed by atoms with Gasteiger partial charge in [-0.05, 0) is 56.7 Å². The second-order valence-electron chi connectivity index (χ2n) is 5.10. The van der Waals surface area contributed by atoms with Crippen LogP contribution in [0.5, 0.6) is 0 Å². The highest BCUT2D eigenvalue weighted by Gasteiger charge is 2.09. The Kier molecular flexibility index (Phi) is 4.45. The van der Waals surface area contributed by atoms with Crippen molar-refractivity contribution in [1.29, 1.82) is 0 Å². The van der Waals surface area contributed by atoms with E-state index in [1.807, 2.05) is 24.3 Å². The van der Waals surface area contributed by atoms with Gasteiger partial charge in [-0.15, -0.1) is 11.3 Å². The summed E-state index contributed by atoms with van der Waals surface area (Å²) in [6.45, 7) is 6.18. The molecule has 0 radical (unpaired) electrons. The van der Waals surface area contributed by atoms with E-state index < -0.39 is 5.97 Å². The van der Waals surface area contributed by atoms with Crippen LogP contribution in [0.15, 0.2) is 30.3 Å². The van der Waals surface area contributed by atoms with Gasteiger partial charge in [0.25, 0.3) is 0 Å². The number of carbonyl (C=O) groups is 1. The molecule has 0 aliphatic rings. The summed E-state index contributed by atoms with van der Waals surface area (Å²) in [5.41, 5.74) is 2.28. The molecule has 0 fully saturated rings. The van der Waals surface area contributed by atoms with Crippen LogP contribution >= 0.6 is 11.3 Å². The second-order valence-corrected chi connectivity index (χ2v) is 6.47. The van der Waals surface area contributed by atoms with E-state index in [-0.39, 0.29) is 0 Å².